The third kappa shape index (κ3) is 2.86. The van der Waals surface area contributed by atoms with Gasteiger partial charge in [0.2, 0.25) is 0 Å². The van der Waals surface area contributed by atoms with Gasteiger partial charge in [-0.05, 0) is 43.8 Å². The van der Waals surface area contributed by atoms with E-state index in [4.69, 9.17) is 12.2 Å². The SMILES string of the molecule is S=C(NC1CC1)N1CCN(CC2CC2)CC1. The minimum atomic E-state index is 0.692. The summed E-state index contributed by atoms with van der Waals surface area (Å²) in [7, 11) is 0. The second-order valence-corrected chi connectivity index (χ2v) is 5.84. The molecule has 1 saturated heterocycles. The molecule has 0 aromatic carbocycles. The molecular formula is C12H21N3S. The molecule has 0 atom stereocenters. The summed E-state index contributed by atoms with van der Waals surface area (Å²) in [5, 5.41) is 4.42. The average Bonchev–Trinajstić information content (AvgIpc) is 3.14. The highest BCUT2D eigenvalue weighted by molar-refractivity contribution is 7.80. The van der Waals surface area contributed by atoms with Crippen molar-refractivity contribution in [2.75, 3.05) is 32.7 Å². The minimum Gasteiger partial charge on any atom is -0.360 e. The summed E-state index contributed by atoms with van der Waals surface area (Å²) in [6.45, 7) is 5.96. The van der Waals surface area contributed by atoms with Crippen molar-refractivity contribution < 1.29 is 0 Å². The van der Waals surface area contributed by atoms with Crippen LogP contribution in [0, 0.1) is 5.92 Å². The van der Waals surface area contributed by atoms with Crippen molar-refractivity contribution in [1.29, 1.82) is 0 Å². The third-order valence-corrected chi connectivity index (χ3v) is 4.15. The van der Waals surface area contributed by atoms with E-state index in [1.165, 1.54) is 45.3 Å². The maximum Gasteiger partial charge on any atom is 0.169 e. The van der Waals surface area contributed by atoms with Crippen molar-refractivity contribution in [3.63, 3.8) is 0 Å². The maximum atomic E-state index is 5.43. The van der Waals surface area contributed by atoms with Gasteiger partial charge in [-0.1, -0.05) is 0 Å². The Kier molecular flexibility index (Phi) is 3.03. The Morgan fingerprint density at radius 2 is 1.75 bits per heavy atom. The lowest BCUT2D eigenvalue weighted by Gasteiger charge is -2.36. The zero-order valence-electron chi connectivity index (χ0n) is 9.82. The Labute approximate surface area is 103 Å². The van der Waals surface area contributed by atoms with Crippen molar-refractivity contribution in [3.05, 3.63) is 0 Å². The van der Waals surface area contributed by atoms with Gasteiger partial charge in [0.1, 0.15) is 0 Å². The van der Waals surface area contributed by atoms with Gasteiger partial charge in [-0.25, -0.2) is 0 Å². The summed E-state index contributed by atoms with van der Waals surface area (Å²) in [4.78, 5) is 4.95. The lowest BCUT2D eigenvalue weighted by molar-refractivity contribution is 0.175. The van der Waals surface area contributed by atoms with E-state index in [-0.39, 0.29) is 0 Å². The van der Waals surface area contributed by atoms with Crippen molar-refractivity contribution in [1.82, 2.24) is 15.1 Å². The highest BCUT2D eigenvalue weighted by Gasteiger charge is 2.28. The fraction of sp³-hybridized carbons (Fsp3) is 0.917. The molecule has 3 rings (SSSR count). The normalized spacial score (nSPS) is 26.9. The van der Waals surface area contributed by atoms with Crippen LogP contribution in [0.5, 0.6) is 0 Å². The number of hydrogen-bond donors (Lipinski definition) is 1. The van der Waals surface area contributed by atoms with Gasteiger partial charge in [0, 0.05) is 38.8 Å². The van der Waals surface area contributed by atoms with E-state index < -0.39 is 0 Å². The van der Waals surface area contributed by atoms with Crippen molar-refractivity contribution in [3.8, 4) is 0 Å². The van der Waals surface area contributed by atoms with Crippen LogP contribution in [0.4, 0.5) is 0 Å². The standard InChI is InChI=1S/C12H21N3S/c16-12(13-11-3-4-11)15-7-5-14(6-8-15)9-10-1-2-10/h10-11H,1-9H2,(H,13,16). The molecule has 4 heteroatoms. The lowest BCUT2D eigenvalue weighted by atomic mass is 10.3. The van der Waals surface area contributed by atoms with Gasteiger partial charge in [0.05, 0.1) is 0 Å². The second-order valence-electron chi connectivity index (χ2n) is 5.45. The van der Waals surface area contributed by atoms with E-state index in [1.54, 1.807) is 0 Å². The average molecular weight is 239 g/mol. The number of piperazine rings is 1. The predicted octanol–water partition coefficient (Wildman–Crippen LogP) is 1.05. The van der Waals surface area contributed by atoms with E-state index in [1.807, 2.05) is 0 Å². The van der Waals surface area contributed by atoms with Crippen LogP contribution in [-0.2, 0) is 0 Å². The van der Waals surface area contributed by atoms with Gasteiger partial charge >= 0.3 is 0 Å². The van der Waals surface area contributed by atoms with Crippen LogP contribution < -0.4 is 5.32 Å². The highest BCUT2D eigenvalue weighted by Crippen LogP contribution is 2.29. The molecule has 1 N–H and O–H groups in total. The summed E-state index contributed by atoms with van der Waals surface area (Å²) in [6.07, 6.45) is 5.54. The smallest absolute Gasteiger partial charge is 0.169 e. The summed E-state index contributed by atoms with van der Waals surface area (Å²) in [5.74, 6) is 1.02. The van der Waals surface area contributed by atoms with Crippen LogP contribution in [-0.4, -0.2) is 53.7 Å². The minimum absolute atomic E-state index is 0.692. The molecule has 0 spiro atoms. The molecule has 3 fully saturated rings. The van der Waals surface area contributed by atoms with E-state index in [0.717, 1.165) is 24.1 Å². The molecule has 0 unspecified atom stereocenters. The Morgan fingerprint density at radius 3 is 2.31 bits per heavy atom. The molecule has 0 aromatic rings. The molecule has 0 radical (unpaired) electrons. The van der Waals surface area contributed by atoms with Crippen LogP contribution in [0.25, 0.3) is 0 Å². The number of nitrogens with one attached hydrogen (secondary N) is 1. The zero-order valence-corrected chi connectivity index (χ0v) is 10.6. The van der Waals surface area contributed by atoms with E-state index >= 15 is 0 Å². The van der Waals surface area contributed by atoms with E-state index in [9.17, 15) is 0 Å². The van der Waals surface area contributed by atoms with Gasteiger partial charge in [-0.3, -0.25) is 4.90 Å². The first-order valence-electron chi connectivity index (χ1n) is 6.59. The van der Waals surface area contributed by atoms with Crippen LogP contribution in [0.2, 0.25) is 0 Å². The summed E-state index contributed by atoms with van der Waals surface area (Å²) in [6, 6.07) is 0.692. The lowest BCUT2D eigenvalue weighted by Crippen LogP contribution is -2.52. The van der Waals surface area contributed by atoms with Gasteiger partial charge < -0.3 is 10.2 Å². The molecule has 0 bridgehead atoms. The third-order valence-electron chi connectivity index (χ3n) is 3.78. The molecule has 2 aliphatic carbocycles. The fourth-order valence-corrected chi connectivity index (χ4v) is 2.64. The Hall–Kier alpha value is -0.350. The molecule has 16 heavy (non-hydrogen) atoms. The highest BCUT2D eigenvalue weighted by atomic mass is 32.1. The quantitative estimate of drug-likeness (QED) is 0.742. The maximum absolute atomic E-state index is 5.43. The molecule has 90 valence electrons. The van der Waals surface area contributed by atoms with Gasteiger partial charge in [0.15, 0.2) is 5.11 Å². The molecule has 1 heterocycles. The molecule has 1 aliphatic heterocycles. The first-order chi connectivity index (χ1) is 7.81. The fourth-order valence-electron chi connectivity index (χ4n) is 2.29. The van der Waals surface area contributed by atoms with Gasteiger partial charge in [-0.2, -0.15) is 0 Å². The largest absolute Gasteiger partial charge is 0.360 e. The first kappa shape index (κ1) is 10.8. The molecule has 0 aromatic heterocycles. The topological polar surface area (TPSA) is 18.5 Å². The number of rotatable bonds is 3. The molecular weight excluding hydrogens is 218 g/mol. The van der Waals surface area contributed by atoms with E-state index in [2.05, 4.69) is 15.1 Å². The number of nitrogens with zero attached hydrogens (tertiary/aromatic N) is 2. The Bertz CT molecular complexity index is 265. The van der Waals surface area contributed by atoms with E-state index in [0.29, 0.717) is 6.04 Å². The zero-order chi connectivity index (χ0) is 11.0. The van der Waals surface area contributed by atoms with Crippen molar-refractivity contribution in [2.45, 2.75) is 31.7 Å². The van der Waals surface area contributed by atoms with Gasteiger partial charge in [0.25, 0.3) is 0 Å². The summed E-state index contributed by atoms with van der Waals surface area (Å²) in [5.41, 5.74) is 0. The molecule has 3 aliphatic rings. The molecule has 0 amide bonds. The molecule has 3 nitrogen and oxygen atoms in total. The first-order valence-corrected chi connectivity index (χ1v) is 7.00. The number of thiocarbonyl (C=S) groups is 1. The second kappa shape index (κ2) is 4.49. The monoisotopic (exact) mass is 239 g/mol. The van der Waals surface area contributed by atoms with Crippen molar-refractivity contribution in [2.24, 2.45) is 5.92 Å². The van der Waals surface area contributed by atoms with Crippen LogP contribution in [0.3, 0.4) is 0 Å². The molecule has 2 saturated carbocycles. The Balaban J connectivity index is 1.40. The van der Waals surface area contributed by atoms with Crippen LogP contribution in [0.15, 0.2) is 0 Å². The Morgan fingerprint density at radius 1 is 1.06 bits per heavy atom. The van der Waals surface area contributed by atoms with Gasteiger partial charge in [-0.15, -0.1) is 0 Å². The van der Waals surface area contributed by atoms with Crippen LogP contribution in [0.1, 0.15) is 25.7 Å². The summed E-state index contributed by atoms with van der Waals surface area (Å²) < 4.78 is 0. The van der Waals surface area contributed by atoms with Crippen LogP contribution >= 0.6 is 12.2 Å². The van der Waals surface area contributed by atoms with Crippen molar-refractivity contribution >= 4 is 17.3 Å². The summed E-state index contributed by atoms with van der Waals surface area (Å²) >= 11 is 5.43. The predicted molar refractivity (Wildman–Crippen MR) is 69.5 cm³/mol. The number of hydrogen-bond acceptors (Lipinski definition) is 2.